The molecule has 1 N–H and O–H groups in total. The zero-order valence-electron chi connectivity index (χ0n) is 13.6. The van der Waals surface area contributed by atoms with Crippen LogP contribution in [-0.2, 0) is 11.3 Å². The fraction of sp³-hybridized carbons (Fsp3) is 0.200. The second kappa shape index (κ2) is 6.51. The highest BCUT2D eigenvalue weighted by atomic mass is 19.1. The number of halogens is 1. The van der Waals surface area contributed by atoms with Gasteiger partial charge in [0.1, 0.15) is 5.82 Å². The molecule has 1 saturated carbocycles. The molecule has 0 unspecified atom stereocenters. The van der Waals surface area contributed by atoms with Crippen molar-refractivity contribution >= 4 is 5.91 Å². The van der Waals surface area contributed by atoms with Gasteiger partial charge in [-0.2, -0.15) is 0 Å². The van der Waals surface area contributed by atoms with Crippen LogP contribution in [0.15, 0.2) is 67.3 Å². The quantitative estimate of drug-likeness (QED) is 0.776. The van der Waals surface area contributed by atoms with Crippen LogP contribution in [0, 0.1) is 11.7 Å². The Morgan fingerprint density at radius 2 is 2.08 bits per heavy atom. The Labute approximate surface area is 145 Å². The minimum absolute atomic E-state index is 0.0254. The molecule has 0 saturated heterocycles. The van der Waals surface area contributed by atoms with E-state index in [1.165, 1.54) is 11.6 Å². The van der Waals surface area contributed by atoms with E-state index < -0.39 is 0 Å². The number of aromatic nitrogens is 2. The SMILES string of the molecule is O=C(NCc1ccc(-n2ccnc2)c(F)c1)[C@H]1C[C@H]1c1ccccc1. The summed E-state index contributed by atoms with van der Waals surface area (Å²) in [5.74, 6) is 0.0327. The van der Waals surface area contributed by atoms with Gasteiger partial charge in [-0.05, 0) is 35.6 Å². The van der Waals surface area contributed by atoms with Crippen LogP contribution in [0.4, 0.5) is 4.39 Å². The van der Waals surface area contributed by atoms with Gasteiger partial charge in [-0.25, -0.2) is 9.37 Å². The number of benzene rings is 2. The first-order valence-corrected chi connectivity index (χ1v) is 8.32. The van der Waals surface area contributed by atoms with Crippen molar-refractivity contribution in [3.63, 3.8) is 0 Å². The van der Waals surface area contributed by atoms with E-state index in [2.05, 4.69) is 22.4 Å². The Morgan fingerprint density at radius 3 is 2.80 bits per heavy atom. The van der Waals surface area contributed by atoms with E-state index in [0.29, 0.717) is 18.2 Å². The summed E-state index contributed by atoms with van der Waals surface area (Å²) in [6.07, 6.45) is 5.73. The molecule has 0 spiro atoms. The molecular weight excluding hydrogens is 317 g/mol. The molecule has 1 amide bonds. The Kier molecular flexibility index (Phi) is 4.06. The molecule has 1 aromatic heterocycles. The van der Waals surface area contributed by atoms with E-state index in [9.17, 15) is 9.18 Å². The molecule has 0 bridgehead atoms. The van der Waals surface area contributed by atoms with Crippen molar-refractivity contribution in [1.82, 2.24) is 14.9 Å². The van der Waals surface area contributed by atoms with E-state index in [0.717, 1.165) is 12.0 Å². The maximum atomic E-state index is 14.2. The monoisotopic (exact) mass is 335 g/mol. The lowest BCUT2D eigenvalue weighted by Gasteiger charge is -2.08. The van der Waals surface area contributed by atoms with E-state index in [1.807, 2.05) is 24.3 Å². The normalized spacial score (nSPS) is 18.8. The fourth-order valence-corrected chi connectivity index (χ4v) is 3.15. The van der Waals surface area contributed by atoms with Crippen molar-refractivity contribution in [2.45, 2.75) is 18.9 Å². The first-order valence-electron chi connectivity index (χ1n) is 8.32. The summed E-state index contributed by atoms with van der Waals surface area (Å²) in [4.78, 5) is 16.2. The van der Waals surface area contributed by atoms with Crippen LogP contribution in [0.5, 0.6) is 0 Å². The van der Waals surface area contributed by atoms with Gasteiger partial charge in [0.05, 0.1) is 12.0 Å². The largest absolute Gasteiger partial charge is 0.352 e. The van der Waals surface area contributed by atoms with E-state index in [-0.39, 0.29) is 17.6 Å². The van der Waals surface area contributed by atoms with Gasteiger partial charge in [0.15, 0.2) is 0 Å². The summed E-state index contributed by atoms with van der Waals surface area (Å²) in [7, 11) is 0. The van der Waals surface area contributed by atoms with Gasteiger partial charge in [0.25, 0.3) is 0 Å². The van der Waals surface area contributed by atoms with Gasteiger partial charge in [-0.1, -0.05) is 36.4 Å². The standard InChI is InChI=1S/C20H18FN3O/c21-18-10-14(6-7-19(18)24-9-8-22-13-24)12-23-20(25)17-11-16(17)15-4-2-1-3-5-15/h1-10,13,16-17H,11-12H2,(H,23,25)/t16-,17-/m0/s1. The van der Waals surface area contributed by atoms with E-state index >= 15 is 0 Å². The van der Waals surface area contributed by atoms with Crippen molar-refractivity contribution in [3.05, 3.63) is 84.2 Å². The number of carbonyl (C=O) groups is 1. The highest BCUT2D eigenvalue weighted by Gasteiger charge is 2.43. The second-order valence-corrected chi connectivity index (χ2v) is 6.33. The molecule has 25 heavy (non-hydrogen) atoms. The number of nitrogens with zero attached hydrogens (tertiary/aromatic N) is 2. The van der Waals surface area contributed by atoms with E-state index in [1.54, 1.807) is 29.4 Å². The second-order valence-electron chi connectivity index (χ2n) is 6.33. The lowest BCUT2D eigenvalue weighted by atomic mass is 10.1. The number of amides is 1. The Morgan fingerprint density at radius 1 is 1.24 bits per heavy atom. The molecule has 5 heteroatoms. The topological polar surface area (TPSA) is 46.9 Å². The molecular formula is C20H18FN3O. The summed E-state index contributed by atoms with van der Waals surface area (Å²) in [6, 6.07) is 15.0. The number of imidazole rings is 1. The number of hydrogen-bond acceptors (Lipinski definition) is 2. The Balaban J connectivity index is 1.36. The van der Waals surface area contributed by atoms with Crippen LogP contribution in [0.3, 0.4) is 0 Å². The highest BCUT2D eigenvalue weighted by molar-refractivity contribution is 5.82. The predicted octanol–water partition coefficient (Wildman–Crippen LogP) is 3.43. The zero-order chi connectivity index (χ0) is 17.2. The molecule has 4 nitrogen and oxygen atoms in total. The maximum absolute atomic E-state index is 14.2. The van der Waals surface area contributed by atoms with Crippen LogP contribution in [0.1, 0.15) is 23.5 Å². The molecule has 0 aliphatic heterocycles. The summed E-state index contributed by atoms with van der Waals surface area (Å²) >= 11 is 0. The van der Waals surface area contributed by atoms with Crippen LogP contribution in [-0.4, -0.2) is 15.5 Å². The molecule has 2 atom stereocenters. The molecule has 126 valence electrons. The van der Waals surface area contributed by atoms with Crippen molar-refractivity contribution in [3.8, 4) is 5.69 Å². The minimum atomic E-state index is -0.335. The Bertz CT molecular complexity index is 877. The summed E-state index contributed by atoms with van der Waals surface area (Å²) < 4.78 is 15.8. The van der Waals surface area contributed by atoms with Crippen molar-refractivity contribution < 1.29 is 9.18 Å². The van der Waals surface area contributed by atoms with Gasteiger partial charge in [-0.15, -0.1) is 0 Å². The fourth-order valence-electron chi connectivity index (χ4n) is 3.15. The zero-order valence-corrected chi connectivity index (χ0v) is 13.6. The van der Waals surface area contributed by atoms with Crippen LogP contribution in [0.25, 0.3) is 5.69 Å². The van der Waals surface area contributed by atoms with Crippen LogP contribution >= 0.6 is 0 Å². The van der Waals surface area contributed by atoms with E-state index in [4.69, 9.17) is 0 Å². The summed E-state index contributed by atoms with van der Waals surface area (Å²) in [5, 5.41) is 2.92. The molecule has 0 radical (unpaired) electrons. The minimum Gasteiger partial charge on any atom is -0.352 e. The molecule has 4 rings (SSSR count). The first kappa shape index (κ1) is 15.6. The van der Waals surface area contributed by atoms with Crippen LogP contribution in [0.2, 0.25) is 0 Å². The molecule has 1 heterocycles. The molecule has 1 fully saturated rings. The first-order chi connectivity index (χ1) is 12.2. The van der Waals surface area contributed by atoms with Gasteiger partial charge in [-0.3, -0.25) is 4.79 Å². The van der Waals surface area contributed by atoms with Gasteiger partial charge in [0.2, 0.25) is 5.91 Å². The smallest absolute Gasteiger partial charge is 0.224 e. The summed E-state index contributed by atoms with van der Waals surface area (Å²) in [5.41, 5.74) is 2.39. The highest BCUT2D eigenvalue weighted by Crippen LogP contribution is 2.47. The average molecular weight is 335 g/mol. The maximum Gasteiger partial charge on any atom is 0.224 e. The average Bonchev–Trinajstić information content (AvgIpc) is 3.27. The van der Waals surface area contributed by atoms with Crippen molar-refractivity contribution in [2.24, 2.45) is 5.92 Å². The number of rotatable bonds is 5. The van der Waals surface area contributed by atoms with Crippen molar-refractivity contribution in [2.75, 3.05) is 0 Å². The number of carbonyl (C=O) groups excluding carboxylic acids is 1. The number of hydrogen-bond donors (Lipinski definition) is 1. The van der Waals surface area contributed by atoms with Gasteiger partial charge < -0.3 is 9.88 Å². The third-order valence-electron chi connectivity index (χ3n) is 4.62. The Hall–Kier alpha value is -2.95. The predicted molar refractivity (Wildman–Crippen MR) is 92.7 cm³/mol. The molecule has 1 aliphatic carbocycles. The molecule has 1 aliphatic rings. The lowest BCUT2D eigenvalue weighted by Crippen LogP contribution is -2.25. The summed E-state index contributed by atoms with van der Waals surface area (Å²) in [6.45, 7) is 0.331. The van der Waals surface area contributed by atoms with Gasteiger partial charge in [0, 0.05) is 24.9 Å². The van der Waals surface area contributed by atoms with Crippen LogP contribution < -0.4 is 5.32 Å². The van der Waals surface area contributed by atoms with Crippen molar-refractivity contribution in [1.29, 1.82) is 0 Å². The molecule has 3 aromatic rings. The van der Waals surface area contributed by atoms with Gasteiger partial charge >= 0.3 is 0 Å². The number of nitrogens with one attached hydrogen (secondary N) is 1. The third kappa shape index (κ3) is 3.31. The third-order valence-corrected chi connectivity index (χ3v) is 4.62. The lowest BCUT2D eigenvalue weighted by molar-refractivity contribution is -0.122. The molecule has 2 aromatic carbocycles.